The number of aromatic hydroxyl groups is 2. The van der Waals surface area contributed by atoms with Gasteiger partial charge in [-0.25, -0.2) is 4.18 Å². The van der Waals surface area contributed by atoms with Gasteiger partial charge < -0.3 is 10.2 Å². The van der Waals surface area contributed by atoms with Gasteiger partial charge in [-0.3, -0.25) is 0 Å². The predicted octanol–water partition coefficient (Wildman–Crippen LogP) is 4.42. The summed E-state index contributed by atoms with van der Waals surface area (Å²) in [6.45, 7) is 0. The Balaban J connectivity index is 2.12. The van der Waals surface area contributed by atoms with Gasteiger partial charge in [-0.2, -0.15) is 8.42 Å². The highest BCUT2D eigenvalue weighted by molar-refractivity contribution is 7.87. The Bertz CT molecular complexity index is 1120. The van der Waals surface area contributed by atoms with Crippen LogP contribution in [0, 0.1) is 0 Å². The van der Waals surface area contributed by atoms with Gasteiger partial charge in [0.1, 0.15) is 16.4 Å². The summed E-state index contributed by atoms with van der Waals surface area (Å²) in [5.41, 5.74) is -0.497. The van der Waals surface area contributed by atoms with E-state index in [2.05, 4.69) is 0 Å². The molecule has 0 aliphatic carbocycles. The third-order valence-corrected chi connectivity index (χ3v) is 6.46. The first-order chi connectivity index (χ1) is 12.8. The molecule has 1 atom stereocenters. The molecular formula is C19H12Cl2O5S. The van der Waals surface area contributed by atoms with Crippen LogP contribution in [0.25, 0.3) is 0 Å². The second-order valence-electron chi connectivity index (χ2n) is 6.05. The number of halogens is 2. The van der Waals surface area contributed by atoms with Crippen LogP contribution in [0.3, 0.4) is 0 Å². The fourth-order valence-corrected chi connectivity index (χ4v) is 4.99. The Morgan fingerprint density at radius 3 is 2.19 bits per heavy atom. The van der Waals surface area contributed by atoms with E-state index in [9.17, 15) is 18.6 Å². The predicted molar refractivity (Wildman–Crippen MR) is 101 cm³/mol. The van der Waals surface area contributed by atoms with E-state index < -0.39 is 15.7 Å². The van der Waals surface area contributed by atoms with Crippen LogP contribution < -0.4 is 0 Å². The molecule has 1 aliphatic heterocycles. The zero-order chi connectivity index (χ0) is 19.4. The fourth-order valence-electron chi connectivity index (χ4n) is 3.26. The molecule has 0 spiro atoms. The van der Waals surface area contributed by atoms with Crippen LogP contribution in [-0.4, -0.2) is 18.6 Å². The van der Waals surface area contributed by atoms with Gasteiger partial charge in [0.2, 0.25) is 0 Å². The molecule has 0 aromatic heterocycles. The molecule has 27 heavy (non-hydrogen) atoms. The third kappa shape index (κ3) is 2.68. The average molecular weight is 423 g/mol. The van der Waals surface area contributed by atoms with Crippen molar-refractivity contribution in [3.05, 3.63) is 87.4 Å². The molecule has 0 bridgehead atoms. The minimum atomic E-state index is -4.08. The van der Waals surface area contributed by atoms with Crippen LogP contribution >= 0.6 is 23.2 Å². The van der Waals surface area contributed by atoms with Gasteiger partial charge in [-0.05, 0) is 41.5 Å². The number of hydrogen-bond donors (Lipinski definition) is 2. The van der Waals surface area contributed by atoms with Crippen LogP contribution in [0.4, 0.5) is 0 Å². The summed E-state index contributed by atoms with van der Waals surface area (Å²) < 4.78 is 31.1. The second-order valence-corrected chi connectivity index (χ2v) is 8.38. The minimum absolute atomic E-state index is 0.0173. The molecule has 0 amide bonds. The van der Waals surface area contributed by atoms with Gasteiger partial charge >= 0.3 is 0 Å². The molecule has 0 radical (unpaired) electrons. The van der Waals surface area contributed by atoms with E-state index in [1.54, 1.807) is 24.3 Å². The van der Waals surface area contributed by atoms with Crippen molar-refractivity contribution in [2.45, 2.75) is 10.5 Å². The van der Waals surface area contributed by atoms with Gasteiger partial charge in [-0.1, -0.05) is 53.5 Å². The van der Waals surface area contributed by atoms with Gasteiger partial charge in [0, 0.05) is 5.56 Å². The first-order valence-corrected chi connectivity index (χ1v) is 9.95. The maximum absolute atomic E-state index is 12.7. The Labute approximate surface area is 165 Å². The summed E-state index contributed by atoms with van der Waals surface area (Å²) in [5, 5.41) is 20.0. The molecule has 4 rings (SSSR count). The van der Waals surface area contributed by atoms with E-state index in [0.29, 0.717) is 16.7 Å². The van der Waals surface area contributed by atoms with Crippen molar-refractivity contribution in [3.8, 4) is 11.5 Å². The molecule has 138 valence electrons. The lowest BCUT2D eigenvalue weighted by atomic mass is 9.80. The number of rotatable bonds is 2. The lowest BCUT2D eigenvalue weighted by Crippen LogP contribution is -2.29. The van der Waals surface area contributed by atoms with Crippen molar-refractivity contribution in [1.29, 1.82) is 0 Å². The topological polar surface area (TPSA) is 83.8 Å². The highest BCUT2D eigenvalue weighted by Crippen LogP contribution is 2.51. The Hall–Kier alpha value is -2.25. The van der Waals surface area contributed by atoms with Gasteiger partial charge in [0.05, 0.1) is 10.0 Å². The van der Waals surface area contributed by atoms with Crippen LogP contribution in [0.1, 0.15) is 16.7 Å². The Morgan fingerprint density at radius 2 is 1.48 bits per heavy atom. The van der Waals surface area contributed by atoms with Crippen molar-refractivity contribution < 1.29 is 22.8 Å². The third-order valence-electron chi connectivity index (χ3n) is 4.48. The number of fused-ring (bicyclic) bond motifs is 1. The molecule has 1 aliphatic rings. The van der Waals surface area contributed by atoms with E-state index in [1.165, 1.54) is 36.4 Å². The quantitative estimate of drug-likeness (QED) is 0.597. The molecule has 8 heteroatoms. The van der Waals surface area contributed by atoms with Crippen molar-refractivity contribution in [2.75, 3.05) is 0 Å². The summed E-state index contributed by atoms with van der Waals surface area (Å²) in [5.74, 6) is -0.368. The lowest BCUT2D eigenvalue weighted by Gasteiger charge is -2.29. The smallest absolute Gasteiger partial charge is 0.298 e. The zero-order valence-electron chi connectivity index (χ0n) is 13.6. The van der Waals surface area contributed by atoms with E-state index >= 15 is 0 Å². The standard InChI is InChI=1S/C19H12Cl2O5S/c20-14-7-5-12(10-17(14)23)19(11-6-8-16(22)15(21)9-11)13-3-1-2-4-18(13)27(24,25)26-19/h1-10,22-23H. The number of benzene rings is 3. The van der Waals surface area contributed by atoms with E-state index in [4.69, 9.17) is 27.4 Å². The summed E-state index contributed by atoms with van der Waals surface area (Å²) in [6.07, 6.45) is 0. The molecule has 0 fully saturated rings. The van der Waals surface area contributed by atoms with Gasteiger partial charge in [0.25, 0.3) is 10.1 Å². The largest absolute Gasteiger partial charge is 0.506 e. The molecule has 1 heterocycles. The first-order valence-electron chi connectivity index (χ1n) is 7.79. The molecule has 3 aromatic rings. The lowest BCUT2D eigenvalue weighted by molar-refractivity contribution is 0.179. The monoisotopic (exact) mass is 422 g/mol. The highest BCUT2D eigenvalue weighted by atomic mass is 35.5. The van der Waals surface area contributed by atoms with E-state index in [1.807, 2.05) is 0 Å². The van der Waals surface area contributed by atoms with E-state index in [-0.39, 0.29) is 26.4 Å². The van der Waals surface area contributed by atoms with Gasteiger partial charge in [0.15, 0.2) is 5.60 Å². The van der Waals surface area contributed by atoms with Crippen LogP contribution in [0.2, 0.25) is 10.0 Å². The zero-order valence-corrected chi connectivity index (χ0v) is 15.9. The fraction of sp³-hybridized carbons (Fsp3) is 0.0526. The van der Waals surface area contributed by atoms with Crippen molar-refractivity contribution in [2.24, 2.45) is 0 Å². The van der Waals surface area contributed by atoms with Crippen LogP contribution in [0.5, 0.6) is 11.5 Å². The van der Waals surface area contributed by atoms with Crippen molar-refractivity contribution in [3.63, 3.8) is 0 Å². The average Bonchev–Trinajstić information content (AvgIpc) is 2.89. The number of hydrogen-bond acceptors (Lipinski definition) is 5. The van der Waals surface area contributed by atoms with Gasteiger partial charge in [-0.15, -0.1) is 0 Å². The number of phenolic OH excluding ortho intramolecular Hbond substituents is 2. The number of phenols is 2. The minimum Gasteiger partial charge on any atom is -0.506 e. The van der Waals surface area contributed by atoms with Crippen molar-refractivity contribution >= 4 is 33.3 Å². The molecule has 0 saturated heterocycles. The summed E-state index contributed by atoms with van der Waals surface area (Å²) in [6, 6.07) is 15.0. The summed E-state index contributed by atoms with van der Waals surface area (Å²) in [4.78, 5) is 0.0173. The maximum atomic E-state index is 12.7. The van der Waals surface area contributed by atoms with Crippen LogP contribution in [-0.2, 0) is 19.9 Å². The highest BCUT2D eigenvalue weighted by Gasteiger charge is 2.51. The Morgan fingerprint density at radius 1 is 0.815 bits per heavy atom. The molecular weight excluding hydrogens is 411 g/mol. The summed E-state index contributed by atoms with van der Waals surface area (Å²) >= 11 is 12.0. The van der Waals surface area contributed by atoms with Crippen molar-refractivity contribution in [1.82, 2.24) is 0 Å². The summed E-state index contributed by atoms with van der Waals surface area (Å²) in [7, 11) is -4.08. The Kier molecular flexibility index (Phi) is 4.12. The van der Waals surface area contributed by atoms with E-state index in [0.717, 1.165) is 0 Å². The molecule has 3 aromatic carbocycles. The first kappa shape index (κ1) is 18.1. The second kappa shape index (κ2) is 6.14. The molecule has 1 unspecified atom stereocenters. The SMILES string of the molecule is O=S1(=O)OC(c2ccc(Cl)c(O)c2)(c2ccc(O)c(Cl)c2)c2ccccc21. The molecule has 2 N–H and O–H groups in total. The molecule has 5 nitrogen and oxygen atoms in total. The maximum Gasteiger partial charge on any atom is 0.298 e. The molecule has 0 saturated carbocycles. The van der Waals surface area contributed by atoms with Crippen LogP contribution in [0.15, 0.2) is 65.6 Å². The normalized spacial score (nSPS) is 20.4.